The van der Waals surface area contributed by atoms with Gasteiger partial charge in [0.05, 0.1) is 122 Å². The maximum absolute atomic E-state index is 11.2. The predicted molar refractivity (Wildman–Crippen MR) is 519 cm³/mol. The van der Waals surface area contributed by atoms with E-state index < -0.39 is 41.6 Å². The minimum atomic E-state index is -3.61. The number of aromatic nitrogens is 12. The van der Waals surface area contributed by atoms with Gasteiger partial charge in [-0.2, -0.15) is 18.9 Å². The van der Waals surface area contributed by atoms with Gasteiger partial charge in [-0.3, -0.25) is 4.18 Å². The quantitative estimate of drug-likeness (QED) is 0.0105. The van der Waals surface area contributed by atoms with Crippen LogP contribution in [0.2, 0.25) is 0 Å². The van der Waals surface area contributed by atoms with Crippen molar-refractivity contribution in [1.82, 2.24) is 60.7 Å². The summed E-state index contributed by atoms with van der Waals surface area (Å²) in [5.41, 5.74) is 9.82. The number of hydrogen-bond acceptors (Lipinski definition) is 37. The number of hydrogen-bond donors (Lipinski definition) is 9. The van der Waals surface area contributed by atoms with Crippen molar-refractivity contribution in [1.29, 1.82) is 15.8 Å². The summed E-state index contributed by atoms with van der Waals surface area (Å²) in [5.74, 6) is 4.60. The summed E-state index contributed by atoms with van der Waals surface area (Å²) in [6, 6.07) is 29.0. The van der Waals surface area contributed by atoms with Crippen LogP contribution in [0.1, 0.15) is 219 Å². The van der Waals surface area contributed by atoms with Crippen LogP contribution in [0.5, 0.6) is 23.0 Å². The molecule has 0 saturated heterocycles. The summed E-state index contributed by atoms with van der Waals surface area (Å²) in [4.78, 5) is 19.5. The number of aliphatic hydroxyl groups excluding tert-OH is 1. The minimum absolute atomic E-state index is 0. The van der Waals surface area contributed by atoms with Gasteiger partial charge in [0.15, 0.2) is 0 Å². The van der Waals surface area contributed by atoms with Crippen LogP contribution in [-0.4, -0.2) is 202 Å². The first-order chi connectivity index (χ1) is 64.1. The van der Waals surface area contributed by atoms with Gasteiger partial charge < -0.3 is 95.2 Å². The SMILES string of the molecule is CCOc1cc(C(C)(C)C)c2nc(-c3nnc(NC4CC(O)(CC#N)C4)o3)cc(C)c2c1.CCOc1cc(C(C)(C)C)c2nc(-c3nnc(NC4CC(O)(CC#N)C4)o3)cc(C)c2c1.CCOc1cc(C(C)(C)C)c2nc(-c3nnc(NC4CC(O)(CO)C4)o3)cc(C)c2c1.CCOc1cc(C(C)(C)C)c2nc(-c3nnc(NC4CC(O)(COS(C)(=O)=O)C4)o3)cc(C)c2c1.CS(=O)(=O)Cl.[C-]#N.[K+]. The smallest absolute Gasteiger partial charge is 0.512 e. The third kappa shape index (κ3) is 28.0. The average molecular weight is 1980 g/mol. The summed E-state index contributed by atoms with van der Waals surface area (Å²) in [6.45, 7) is 48.4. The maximum atomic E-state index is 11.2. The molecule has 734 valence electrons. The third-order valence-electron chi connectivity index (χ3n) is 23.4. The molecule has 0 radical (unpaired) electrons. The third-order valence-corrected chi connectivity index (χ3v) is 23.9. The fraction of sp³-hybridized carbons (Fsp3) is 0.515. The molecule has 16 rings (SSSR count). The molecule has 37 nitrogen and oxygen atoms in total. The normalized spacial score (nSPS) is 20.0. The van der Waals surface area contributed by atoms with Gasteiger partial charge in [0.1, 0.15) is 45.8 Å². The topological polar surface area (TPSA) is 542 Å². The van der Waals surface area contributed by atoms with E-state index in [2.05, 4.69) is 174 Å². The number of anilines is 4. The molecule has 0 spiro atoms. The van der Waals surface area contributed by atoms with Gasteiger partial charge >= 0.3 is 75.4 Å². The number of nitrogens with zero attached hydrogens (tertiary/aromatic N) is 15. The Balaban J connectivity index is 0.000000185. The molecule has 138 heavy (non-hydrogen) atoms. The Morgan fingerprint density at radius 1 is 0.406 bits per heavy atom. The van der Waals surface area contributed by atoms with Crippen LogP contribution in [0, 0.1) is 62.2 Å². The number of nitrogens with one attached hydrogen (secondary N) is 4. The first-order valence-corrected chi connectivity index (χ1v) is 49.6. The van der Waals surface area contributed by atoms with E-state index in [1.807, 2.05) is 122 Å². The van der Waals surface area contributed by atoms with E-state index in [0.29, 0.717) is 118 Å². The molecule has 0 amide bonds. The van der Waals surface area contributed by atoms with Crippen molar-refractivity contribution in [3.63, 3.8) is 0 Å². The zero-order valence-electron chi connectivity index (χ0n) is 82.5. The largest absolute Gasteiger partial charge is 1.00 e. The van der Waals surface area contributed by atoms with Crippen molar-refractivity contribution < 1.29 is 135 Å². The van der Waals surface area contributed by atoms with Crippen molar-refractivity contribution in [2.24, 2.45) is 0 Å². The molecule has 8 aromatic heterocycles. The second-order valence-electron chi connectivity index (χ2n) is 39.5. The summed E-state index contributed by atoms with van der Waals surface area (Å²) in [6.07, 6.45) is 5.50. The van der Waals surface area contributed by atoms with Crippen LogP contribution >= 0.6 is 10.7 Å². The van der Waals surface area contributed by atoms with Crippen molar-refractivity contribution >= 4 is 97.5 Å². The van der Waals surface area contributed by atoms with E-state index in [0.717, 1.165) is 124 Å². The summed E-state index contributed by atoms with van der Waals surface area (Å²) in [5, 5.41) is 123. The van der Waals surface area contributed by atoms with E-state index in [1.54, 1.807) is 0 Å². The molecule has 8 heterocycles. The number of fused-ring (bicyclic) bond motifs is 4. The summed E-state index contributed by atoms with van der Waals surface area (Å²) in [7, 11) is -2.30. The molecule has 0 atom stereocenters. The molecule has 4 fully saturated rings. The number of benzene rings is 4. The summed E-state index contributed by atoms with van der Waals surface area (Å²) >= 11 is 0. The van der Waals surface area contributed by atoms with Gasteiger partial charge in [0.25, 0.3) is 33.7 Å². The molecule has 12 aromatic rings. The van der Waals surface area contributed by atoms with Gasteiger partial charge in [-0.15, -0.1) is 20.4 Å². The average Bonchev–Trinajstić information content (AvgIpc) is 1.06. The van der Waals surface area contributed by atoms with Crippen LogP contribution in [-0.2, 0) is 45.0 Å². The van der Waals surface area contributed by atoms with Gasteiger partial charge in [-0.25, -0.2) is 28.4 Å². The zero-order chi connectivity index (χ0) is 101. The zero-order valence-corrected chi connectivity index (χ0v) is 88.0. The molecular formula is C97H123ClKN19O18S2. The van der Waals surface area contributed by atoms with Crippen molar-refractivity contribution in [2.75, 3.05) is 73.4 Å². The molecule has 4 aliphatic rings. The minimum Gasteiger partial charge on any atom is -0.512 e. The van der Waals surface area contributed by atoms with Crippen molar-refractivity contribution in [3.8, 4) is 81.5 Å². The van der Waals surface area contributed by atoms with Gasteiger partial charge in [0, 0.05) is 56.4 Å². The van der Waals surface area contributed by atoms with E-state index in [1.165, 1.54) is 0 Å². The fourth-order valence-electron chi connectivity index (χ4n) is 16.7. The standard InChI is InChI=1S/2C24H29N5O3.C24H32N4O6S.C23H30N4O4.CH3ClO2S.CN.K/c2*1-6-31-16-10-17-14(2)9-19(27-20(17)18(11-16)23(3,4)5)21-28-29-22(32-21)26-15-12-24(30,13-15)7-8-25;1-7-32-16-9-17-14(2)8-19(26-20(17)18(10-16)23(3,4)5)21-27-28-22(34-21)25-15-11-24(29,12-15)13-33-35(6,30)31;1-6-30-15-8-16-13(2)7-18(25-19(16)17(9-15)22(3,4)5)20-26-27-21(31-20)24-14-10-23(29,11-14)12-28;1-5(2,3)4;1-2;/h2*9-11,15,30H,6-7,12-13H2,1-5H3,(H,26,29);8-10,15,29H,7,11-13H2,1-6H3,(H,25,28);7-9,14,28-29H,6,10-12H2,1-5H3,(H,24,27);1H3;;/q;;;;;-1;+1. The van der Waals surface area contributed by atoms with E-state index in [9.17, 15) is 42.4 Å². The molecule has 4 aromatic carbocycles. The maximum Gasteiger partial charge on any atom is 1.00 e. The van der Waals surface area contributed by atoms with Gasteiger partial charge in [-0.1, -0.05) is 103 Å². The molecule has 4 saturated carbocycles. The second-order valence-corrected chi connectivity index (χ2v) is 44.2. The number of halogens is 1. The Morgan fingerprint density at radius 3 is 0.819 bits per heavy atom. The van der Waals surface area contributed by atoms with Crippen LogP contribution in [0.3, 0.4) is 0 Å². The number of aryl methyl sites for hydroxylation is 4. The number of rotatable bonds is 26. The van der Waals surface area contributed by atoms with Gasteiger partial charge in [-0.05, 0) is 246 Å². The summed E-state index contributed by atoms with van der Waals surface area (Å²) < 4.78 is 92.3. The number of nitriles is 2. The first-order valence-electron chi connectivity index (χ1n) is 45.1. The van der Waals surface area contributed by atoms with Crippen LogP contribution < -0.4 is 91.6 Å². The molecule has 0 bridgehead atoms. The van der Waals surface area contributed by atoms with E-state index >= 15 is 0 Å². The molecule has 9 N–H and O–H groups in total. The Morgan fingerprint density at radius 2 is 0.623 bits per heavy atom. The molecular weight excluding hydrogens is 1860 g/mol. The van der Waals surface area contributed by atoms with Crippen LogP contribution in [0.25, 0.3) is 90.0 Å². The number of ether oxygens (including phenoxy) is 4. The first kappa shape index (κ1) is 110. The van der Waals surface area contributed by atoms with Gasteiger partial charge in [0.2, 0.25) is 9.05 Å². The van der Waals surface area contributed by atoms with Crippen LogP contribution in [0.15, 0.2) is 90.5 Å². The molecule has 4 aliphatic carbocycles. The second kappa shape index (κ2) is 44.1. The molecule has 0 aliphatic heterocycles. The Bertz CT molecular complexity index is 6490. The van der Waals surface area contributed by atoms with Crippen molar-refractivity contribution in [2.45, 2.75) is 271 Å². The Hall–Kier alpha value is -10.5. The van der Waals surface area contributed by atoms with Crippen molar-refractivity contribution in [3.05, 3.63) is 124 Å². The van der Waals surface area contributed by atoms with E-state index in [-0.39, 0.29) is 153 Å². The number of pyridine rings is 4. The Labute approximate surface area is 851 Å². The molecule has 41 heteroatoms. The number of aliphatic hydroxyl groups is 5. The monoisotopic (exact) mass is 1980 g/mol. The predicted octanol–water partition coefficient (Wildman–Crippen LogP) is 13.5. The van der Waals surface area contributed by atoms with Crippen LogP contribution in [0.4, 0.5) is 24.1 Å². The fourth-order valence-corrected chi connectivity index (χ4v) is 17.1. The Kier molecular flexibility index (Phi) is 35.0. The van der Waals surface area contributed by atoms with E-state index in [4.69, 9.17) is 83.1 Å². The molecule has 0 unspecified atom stereocenters.